The van der Waals surface area contributed by atoms with E-state index in [9.17, 15) is 9.18 Å². The zero-order valence-electron chi connectivity index (χ0n) is 10.5. The molecule has 3 nitrogen and oxygen atoms in total. The number of hydrogen-bond acceptors (Lipinski definition) is 2. The molecule has 1 rings (SSSR count). The minimum absolute atomic E-state index is 0.0205. The average Bonchev–Trinajstić information content (AvgIpc) is 2.36. The topological polar surface area (TPSA) is 29.5 Å². The number of nitrogens with zero attached hydrogens (tertiary/aromatic N) is 1. The Balaban J connectivity index is 2.35. The zero-order chi connectivity index (χ0) is 13.5. The first-order valence-electron chi connectivity index (χ1n) is 5.74. The molecule has 1 atom stereocenters. The number of halogens is 2. The van der Waals surface area contributed by atoms with Crippen molar-refractivity contribution in [3.05, 3.63) is 30.1 Å². The van der Waals surface area contributed by atoms with E-state index in [1.54, 1.807) is 31.0 Å². The van der Waals surface area contributed by atoms with Crippen LogP contribution in [-0.4, -0.2) is 36.9 Å². The van der Waals surface area contributed by atoms with Crippen LogP contribution in [0.25, 0.3) is 0 Å². The van der Waals surface area contributed by atoms with E-state index in [-0.39, 0.29) is 17.6 Å². The van der Waals surface area contributed by atoms with Gasteiger partial charge in [0, 0.05) is 24.9 Å². The van der Waals surface area contributed by atoms with E-state index in [1.165, 1.54) is 12.1 Å². The van der Waals surface area contributed by atoms with Gasteiger partial charge in [-0.15, -0.1) is 11.6 Å². The number of alkyl halides is 1. The summed E-state index contributed by atoms with van der Waals surface area (Å²) in [4.78, 5) is 13.3. The number of carbonyl (C=O) groups excluding carboxylic acids is 1. The Hall–Kier alpha value is -1.29. The van der Waals surface area contributed by atoms with Gasteiger partial charge >= 0.3 is 0 Å². The number of carbonyl (C=O) groups is 1. The van der Waals surface area contributed by atoms with E-state index in [4.69, 9.17) is 16.3 Å². The molecule has 5 heteroatoms. The van der Waals surface area contributed by atoms with Crippen molar-refractivity contribution in [2.24, 2.45) is 5.92 Å². The van der Waals surface area contributed by atoms with Crippen LogP contribution in [0.15, 0.2) is 24.3 Å². The summed E-state index contributed by atoms with van der Waals surface area (Å²) >= 11 is 5.62. The van der Waals surface area contributed by atoms with E-state index in [0.717, 1.165) is 0 Å². The Morgan fingerprint density at radius 2 is 2.28 bits per heavy atom. The molecule has 1 aromatic carbocycles. The molecule has 0 saturated carbocycles. The van der Waals surface area contributed by atoms with Crippen molar-refractivity contribution in [2.75, 3.05) is 26.1 Å². The van der Waals surface area contributed by atoms with Crippen LogP contribution >= 0.6 is 11.6 Å². The van der Waals surface area contributed by atoms with Crippen LogP contribution in [0.1, 0.15) is 6.92 Å². The van der Waals surface area contributed by atoms with Gasteiger partial charge in [0.15, 0.2) is 0 Å². The molecule has 18 heavy (non-hydrogen) atoms. The van der Waals surface area contributed by atoms with Gasteiger partial charge in [0.2, 0.25) is 5.91 Å². The molecule has 0 radical (unpaired) electrons. The highest BCUT2D eigenvalue weighted by Gasteiger charge is 2.15. The summed E-state index contributed by atoms with van der Waals surface area (Å²) in [5.41, 5.74) is 0. The molecule has 0 N–H and O–H groups in total. The van der Waals surface area contributed by atoms with Gasteiger partial charge in [0.05, 0.1) is 6.54 Å². The Morgan fingerprint density at radius 3 is 2.89 bits per heavy atom. The second kappa shape index (κ2) is 7.21. The highest BCUT2D eigenvalue weighted by atomic mass is 35.5. The number of ether oxygens (including phenoxy) is 1. The molecule has 100 valence electrons. The predicted molar refractivity (Wildman–Crippen MR) is 69.4 cm³/mol. The third kappa shape index (κ3) is 4.53. The normalized spacial score (nSPS) is 12.0. The summed E-state index contributed by atoms with van der Waals surface area (Å²) in [5.74, 6) is 0.195. The minimum Gasteiger partial charge on any atom is -0.492 e. The summed E-state index contributed by atoms with van der Waals surface area (Å²) in [6.45, 7) is 2.54. The molecule has 0 fully saturated rings. The van der Waals surface area contributed by atoms with E-state index in [0.29, 0.717) is 24.8 Å². The largest absolute Gasteiger partial charge is 0.492 e. The lowest BCUT2D eigenvalue weighted by atomic mass is 10.2. The maximum atomic E-state index is 12.9. The van der Waals surface area contributed by atoms with Crippen molar-refractivity contribution < 1.29 is 13.9 Å². The zero-order valence-corrected chi connectivity index (χ0v) is 11.3. The van der Waals surface area contributed by atoms with Gasteiger partial charge in [-0.1, -0.05) is 13.0 Å². The van der Waals surface area contributed by atoms with E-state index in [2.05, 4.69) is 0 Å². The lowest BCUT2D eigenvalue weighted by Crippen LogP contribution is -2.35. The summed E-state index contributed by atoms with van der Waals surface area (Å²) in [6, 6.07) is 5.91. The molecular formula is C13H17ClFNO2. The molecule has 0 aliphatic heterocycles. The summed E-state index contributed by atoms with van der Waals surface area (Å²) in [5, 5.41) is 0. The standard InChI is InChI=1S/C13H17ClFNO2/c1-10(9-14)13(17)16(2)6-7-18-12-5-3-4-11(15)8-12/h3-5,8,10H,6-7,9H2,1-2H3. The van der Waals surface area contributed by atoms with Gasteiger partial charge in [-0.25, -0.2) is 4.39 Å². The van der Waals surface area contributed by atoms with Crippen LogP contribution in [0.3, 0.4) is 0 Å². The lowest BCUT2D eigenvalue weighted by Gasteiger charge is -2.20. The molecule has 0 aliphatic rings. The maximum absolute atomic E-state index is 12.9. The van der Waals surface area contributed by atoms with Crippen LogP contribution in [-0.2, 0) is 4.79 Å². The molecule has 0 saturated heterocycles. The highest BCUT2D eigenvalue weighted by Crippen LogP contribution is 2.11. The van der Waals surface area contributed by atoms with Crippen molar-refractivity contribution in [3.63, 3.8) is 0 Å². The van der Waals surface area contributed by atoms with E-state index >= 15 is 0 Å². The second-order valence-electron chi connectivity index (χ2n) is 4.12. The summed E-state index contributed by atoms with van der Waals surface area (Å²) < 4.78 is 18.2. The number of likely N-dealkylation sites (N-methyl/N-ethyl adjacent to an activating group) is 1. The van der Waals surface area contributed by atoms with Gasteiger partial charge in [0.25, 0.3) is 0 Å². The van der Waals surface area contributed by atoms with Crippen molar-refractivity contribution in [2.45, 2.75) is 6.92 Å². The average molecular weight is 274 g/mol. The SMILES string of the molecule is CC(CCl)C(=O)N(C)CCOc1cccc(F)c1. The van der Waals surface area contributed by atoms with Gasteiger partial charge in [0.1, 0.15) is 18.2 Å². The van der Waals surface area contributed by atoms with Gasteiger partial charge in [-0.2, -0.15) is 0 Å². The van der Waals surface area contributed by atoms with E-state index in [1.807, 2.05) is 0 Å². The third-order valence-electron chi connectivity index (χ3n) is 2.52. The Bertz CT molecular complexity index is 400. The maximum Gasteiger partial charge on any atom is 0.226 e. The fraction of sp³-hybridized carbons (Fsp3) is 0.462. The molecule has 0 bridgehead atoms. The fourth-order valence-electron chi connectivity index (χ4n) is 1.41. The molecule has 0 spiro atoms. The summed E-state index contributed by atoms with van der Waals surface area (Å²) in [6.07, 6.45) is 0. The fourth-order valence-corrected chi connectivity index (χ4v) is 1.54. The van der Waals surface area contributed by atoms with Gasteiger partial charge < -0.3 is 9.64 Å². The molecular weight excluding hydrogens is 257 g/mol. The van der Waals surface area contributed by atoms with Crippen LogP contribution in [0.2, 0.25) is 0 Å². The van der Waals surface area contributed by atoms with Gasteiger partial charge in [-0.05, 0) is 12.1 Å². The van der Waals surface area contributed by atoms with Crippen LogP contribution in [0, 0.1) is 11.7 Å². The number of benzene rings is 1. The Labute approximate surface area is 111 Å². The van der Waals surface area contributed by atoms with Gasteiger partial charge in [-0.3, -0.25) is 4.79 Å². The first-order chi connectivity index (χ1) is 8.54. The van der Waals surface area contributed by atoms with Crippen LogP contribution in [0.5, 0.6) is 5.75 Å². The van der Waals surface area contributed by atoms with Crippen molar-refractivity contribution in [1.82, 2.24) is 4.90 Å². The molecule has 0 heterocycles. The number of rotatable bonds is 6. The lowest BCUT2D eigenvalue weighted by molar-refractivity contribution is -0.133. The van der Waals surface area contributed by atoms with Crippen molar-refractivity contribution in [3.8, 4) is 5.75 Å². The van der Waals surface area contributed by atoms with Crippen LogP contribution in [0.4, 0.5) is 4.39 Å². The predicted octanol–water partition coefficient (Wildman–Crippen LogP) is 2.54. The monoisotopic (exact) mass is 273 g/mol. The van der Waals surface area contributed by atoms with E-state index < -0.39 is 0 Å². The minimum atomic E-state index is -0.340. The molecule has 1 amide bonds. The third-order valence-corrected chi connectivity index (χ3v) is 2.98. The number of amides is 1. The first kappa shape index (κ1) is 14.8. The highest BCUT2D eigenvalue weighted by molar-refractivity contribution is 6.19. The Morgan fingerprint density at radius 1 is 1.56 bits per heavy atom. The molecule has 0 aromatic heterocycles. The van der Waals surface area contributed by atoms with Crippen molar-refractivity contribution >= 4 is 17.5 Å². The summed E-state index contributed by atoms with van der Waals surface area (Å²) in [7, 11) is 1.69. The van der Waals surface area contributed by atoms with Crippen LogP contribution < -0.4 is 4.74 Å². The quantitative estimate of drug-likeness (QED) is 0.746. The molecule has 1 aromatic rings. The smallest absolute Gasteiger partial charge is 0.226 e. The first-order valence-corrected chi connectivity index (χ1v) is 6.27. The molecule has 0 aliphatic carbocycles. The second-order valence-corrected chi connectivity index (χ2v) is 4.43. The van der Waals surface area contributed by atoms with Crippen molar-refractivity contribution in [1.29, 1.82) is 0 Å². The molecule has 1 unspecified atom stereocenters. The number of hydrogen-bond donors (Lipinski definition) is 0. The Kier molecular flexibility index (Phi) is 5.92.